The molecule has 0 saturated heterocycles. The number of thiophene rings is 1. The minimum Gasteiger partial charge on any atom is -0.357 e. The largest absolute Gasteiger partial charge is 0.357 e. The maximum atomic E-state index is 13.2. The van der Waals surface area contributed by atoms with Crippen LogP contribution >= 0.6 is 23.1 Å². The van der Waals surface area contributed by atoms with Crippen molar-refractivity contribution < 1.29 is 4.39 Å². The summed E-state index contributed by atoms with van der Waals surface area (Å²) < 4.78 is 13.2. The van der Waals surface area contributed by atoms with Gasteiger partial charge in [0.15, 0.2) is 0 Å². The van der Waals surface area contributed by atoms with Gasteiger partial charge in [-0.2, -0.15) is 0 Å². The van der Waals surface area contributed by atoms with E-state index in [9.17, 15) is 4.39 Å². The van der Waals surface area contributed by atoms with Crippen molar-refractivity contribution in [3.8, 4) is 0 Å². The fourth-order valence-electron chi connectivity index (χ4n) is 1.66. The van der Waals surface area contributed by atoms with Crippen molar-refractivity contribution in [3.63, 3.8) is 0 Å². The second kappa shape index (κ2) is 5.14. The second-order valence-corrected chi connectivity index (χ2v) is 5.76. The standard InChI is InChI=1S/C13H10FN3S2/c1-15-13-16-11-10(5-6-18-11)12(17-13)19-9-4-2-3-8(14)7-9/h2-7H,1H3,(H,15,16,17). The van der Waals surface area contributed by atoms with E-state index in [2.05, 4.69) is 15.3 Å². The molecule has 1 aromatic carbocycles. The number of aromatic nitrogens is 2. The van der Waals surface area contributed by atoms with Crippen LogP contribution in [0.2, 0.25) is 0 Å². The summed E-state index contributed by atoms with van der Waals surface area (Å²) >= 11 is 3.01. The van der Waals surface area contributed by atoms with Crippen LogP contribution in [0.4, 0.5) is 10.3 Å². The van der Waals surface area contributed by atoms with E-state index >= 15 is 0 Å². The number of fused-ring (bicyclic) bond motifs is 1. The molecule has 96 valence electrons. The van der Waals surface area contributed by atoms with Gasteiger partial charge in [0.25, 0.3) is 0 Å². The molecule has 0 aliphatic carbocycles. The minimum atomic E-state index is -0.241. The third-order valence-corrected chi connectivity index (χ3v) is 4.33. The molecule has 0 spiro atoms. The smallest absolute Gasteiger partial charge is 0.224 e. The summed E-state index contributed by atoms with van der Waals surface area (Å²) in [5, 5.41) is 6.76. The number of hydrogen-bond acceptors (Lipinski definition) is 5. The first-order chi connectivity index (χ1) is 9.26. The molecule has 0 saturated carbocycles. The van der Waals surface area contributed by atoms with Crippen molar-refractivity contribution >= 4 is 39.3 Å². The van der Waals surface area contributed by atoms with E-state index in [-0.39, 0.29) is 5.82 Å². The molecule has 3 aromatic rings. The van der Waals surface area contributed by atoms with Crippen LogP contribution in [-0.2, 0) is 0 Å². The molecule has 6 heteroatoms. The van der Waals surface area contributed by atoms with Crippen LogP contribution in [0.25, 0.3) is 10.2 Å². The van der Waals surface area contributed by atoms with E-state index in [1.807, 2.05) is 17.5 Å². The summed E-state index contributed by atoms with van der Waals surface area (Å²) in [5.41, 5.74) is 0. The van der Waals surface area contributed by atoms with Gasteiger partial charge < -0.3 is 5.32 Å². The number of hydrogen-bond donors (Lipinski definition) is 1. The molecular weight excluding hydrogens is 281 g/mol. The maximum absolute atomic E-state index is 13.2. The van der Waals surface area contributed by atoms with E-state index in [1.165, 1.54) is 23.9 Å². The molecule has 0 atom stereocenters. The lowest BCUT2D eigenvalue weighted by atomic mass is 10.3. The van der Waals surface area contributed by atoms with Gasteiger partial charge in [0.05, 0.1) is 0 Å². The zero-order chi connectivity index (χ0) is 13.2. The minimum absolute atomic E-state index is 0.241. The fourth-order valence-corrected chi connectivity index (χ4v) is 3.44. The topological polar surface area (TPSA) is 37.8 Å². The number of nitrogens with one attached hydrogen (secondary N) is 1. The van der Waals surface area contributed by atoms with Crippen LogP contribution in [0.3, 0.4) is 0 Å². The number of halogens is 1. The van der Waals surface area contributed by atoms with Crippen LogP contribution in [0, 0.1) is 5.82 Å². The molecule has 1 N–H and O–H groups in total. The molecule has 2 aromatic heterocycles. The molecule has 0 fully saturated rings. The number of rotatable bonds is 3. The van der Waals surface area contributed by atoms with Gasteiger partial charge in [0.2, 0.25) is 5.95 Å². The third-order valence-electron chi connectivity index (χ3n) is 2.52. The fraction of sp³-hybridized carbons (Fsp3) is 0.0769. The lowest BCUT2D eigenvalue weighted by molar-refractivity contribution is 0.624. The molecule has 3 nitrogen and oxygen atoms in total. The summed E-state index contributed by atoms with van der Waals surface area (Å²) in [6.07, 6.45) is 0. The van der Waals surface area contributed by atoms with Gasteiger partial charge in [-0.15, -0.1) is 11.3 Å². The van der Waals surface area contributed by atoms with E-state index in [1.54, 1.807) is 24.5 Å². The molecule has 3 rings (SSSR count). The van der Waals surface area contributed by atoms with Crippen molar-refractivity contribution in [1.82, 2.24) is 9.97 Å². The van der Waals surface area contributed by atoms with E-state index in [0.717, 1.165) is 20.1 Å². The van der Waals surface area contributed by atoms with E-state index < -0.39 is 0 Å². The summed E-state index contributed by atoms with van der Waals surface area (Å²) in [6, 6.07) is 8.49. The third kappa shape index (κ3) is 2.54. The highest BCUT2D eigenvalue weighted by Gasteiger charge is 2.10. The SMILES string of the molecule is CNc1nc(Sc2cccc(F)c2)c2ccsc2n1. The Morgan fingerprint density at radius 2 is 2.16 bits per heavy atom. The van der Waals surface area contributed by atoms with Gasteiger partial charge in [-0.25, -0.2) is 14.4 Å². The predicted molar refractivity (Wildman–Crippen MR) is 77.5 cm³/mol. The van der Waals surface area contributed by atoms with Gasteiger partial charge in [0, 0.05) is 17.3 Å². The molecule has 0 unspecified atom stereocenters. The molecule has 0 bridgehead atoms. The van der Waals surface area contributed by atoms with Gasteiger partial charge >= 0.3 is 0 Å². The second-order valence-electron chi connectivity index (χ2n) is 3.80. The normalized spacial score (nSPS) is 10.8. The molecule has 19 heavy (non-hydrogen) atoms. The molecule has 0 aliphatic rings. The number of nitrogens with zero attached hydrogens (tertiary/aromatic N) is 2. The molecule has 2 heterocycles. The summed E-state index contributed by atoms with van der Waals surface area (Å²) in [7, 11) is 1.78. The monoisotopic (exact) mass is 291 g/mol. The van der Waals surface area contributed by atoms with E-state index in [0.29, 0.717) is 5.95 Å². The molecule has 0 amide bonds. The Morgan fingerprint density at radius 3 is 2.95 bits per heavy atom. The van der Waals surface area contributed by atoms with Gasteiger partial charge in [-0.1, -0.05) is 17.8 Å². The Balaban J connectivity index is 2.06. The molecule has 0 aliphatic heterocycles. The summed E-state index contributed by atoms with van der Waals surface area (Å²) in [4.78, 5) is 10.6. The Labute approximate surface area is 117 Å². The van der Waals surface area contributed by atoms with Crippen molar-refractivity contribution in [1.29, 1.82) is 0 Å². The zero-order valence-electron chi connectivity index (χ0n) is 10.1. The van der Waals surface area contributed by atoms with Crippen LogP contribution in [0.1, 0.15) is 0 Å². The lowest BCUT2D eigenvalue weighted by Gasteiger charge is -2.05. The van der Waals surface area contributed by atoms with Crippen LogP contribution in [0.15, 0.2) is 45.6 Å². The quantitative estimate of drug-likeness (QED) is 0.740. The first-order valence-corrected chi connectivity index (χ1v) is 7.32. The highest BCUT2D eigenvalue weighted by atomic mass is 32.2. The number of anilines is 1. The zero-order valence-corrected chi connectivity index (χ0v) is 11.7. The van der Waals surface area contributed by atoms with Crippen molar-refractivity contribution in [3.05, 3.63) is 41.5 Å². The van der Waals surface area contributed by atoms with Gasteiger partial charge in [-0.05, 0) is 29.6 Å². The Hall–Kier alpha value is -1.66. The average molecular weight is 291 g/mol. The van der Waals surface area contributed by atoms with Crippen LogP contribution in [-0.4, -0.2) is 17.0 Å². The highest BCUT2D eigenvalue weighted by molar-refractivity contribution is 7.99. The Kier molecular flexibility index (Phi) is 3.35. The van der Waals surface area contributed by atoms with Gasteiger partial charge in [0.1, 0.15) is 15.7 Å². The van der Waals surface area contributed by atoms with Crippen LogP contribution < -0.4 is 5.32 Å². The summed E-state index contributed by atoms with van der Waals surface area (Å²) in [6.45, 7) is 0. The first-order valence-electron chi connectivity index (χ1n) is 5.62. The molecule has 0 radical (unpaired) electrons. The Bertz CT molecular complexity index is 727. The lowest BCUT2D eigenvalue weighted by Crippen LogP contribution is -1.96. The maximum Gasteiger partial charge on any atom is 0.224 e. The van der Waals surface area contributed by atoms with Crippen molar-refractivity contribution in [2.75, 3.05) is 12.4 Å². The van der Waals surface area contributed by atoms with Crippen molar-refractivity contribution in [2.24, 2.45) is 0 Å². The first kappa shape index (κ1) is 12.4. The van der Waals surface area contributed by atoms with Crippen LogP contribution in [0.5, 0.6) is 0 Å². The summed E-state index contributed by atoms with van der Waals surface area (Å²) in [5.74, 6) is 0.336. The predicted octanol–water partition coefficient (Wildman–Crippen LogP) is 4.02. The van der Waals surface area contributed by atoms with Crippen molar-refractivity contribution in [2.45, 2.75) is 9.92 Å². The van der Waals surface area contributed by atoms with E-state index in [4.69, 9.17) is 0 Å². The number of benzene rings is 1. The highest BCUT2D eigenvalue weighted by Crippen LogP contribution is 2.34. The average Bonchev–Trinajstić information content (AvgIpc) is 2.87. The van der Waals surface area contributed by atoms with Gasteiger partial charge in [-0.3, -0.25) is 0 Å². The molecular formula is C13H10FN3S2. The Morgan fingerprint density at radius 1 is 1.26 bits per heavy atom.